The van der Waals surface area contributed by atoms with Crippen molar-refractivity contribution in [2.45, 2.75) is 31.2 Å². The number of rotatable bonds is 5. The van der Waals surface area contributed by atoms with Gasteiger partial charge < -0.3 is 5.32 Å². The third-order valence-corrected chi connectivity index (χ3v) is 6.68. The lowest BCUT2D eigenvalue weighted by atomic mass is 10.0. The Morgan fingerprint density at radius 3 is 2.35 bits per heavy atom. The molecular formula is C26H24FN3O3S. The topological polar surface area (TPSA) is 88.2 Å². The second-order valence-corrected chi connectivity index (χ2v) is 10.6. The Morgan fingerprint density at radius 1 is 0.912 bits per heavy atom. The minimum atomic E-state index is -3.78. The Balaban J connectivity index is 1.73. The number of carbonyl (C=O) groups excluding carboxylic acids is 1. The molecule has 8 heteroatoms. The summed E-state index contributed by atoms with van der Waals surface area (Å²) in [4.78, 5) is 17.9. The van der Waals surface area contributed by atoms with Gasteiger partial charge in [0.2, 0.25) is 10.0 Å². The molecule has 4 aromatic rings. The molecule has 1 aromatic heterocycles. The molecule has 174 valence electrons. The normalized spacial score (nSPS) is 12.0. The van der Waals surface area contributed by atoms with Crippen LogP contribution in [-0.4, -0.2) is 24.8 Å². The van der Waals surface area contributed by atoms with Gasteiger partial charge in [0.05, 0.1) is 21.7 Å². The number of pyridine rings is 1. The number of aromatic nitrogens is 1. The fourth-order valence-corrected chi connectivity index (χ4v) is 5.01. The predicted octanol–water partition coefficient (Wildman–Crippen LogP) is 5.37. The van der Waals surface area contributed by atoms with E-state index in [4.69, 9.17) is 0 Å². The summed E-state index contributed by atoms with van der Waals surface area (Å²) in [5.74, 6) is -0.921. The van der Waals surface area contributed by atoms with Crippen molar-refractivity contribution in [3.05, 3.63) is 90.2 Å². The first-order chi connectivity index (χ1) is 16.0. The van der Waals surface area contributed by atoms with Gasteiger partial charge in [-0.25, -0.2) is 22.5 Å². The minimum absolute atomic E-state index is 0.0341. The van der Waals surface area contributed by atoms with Crippen molar-refractivity contribution in [2.75, 3.05) is 5.32 Å². The van der Waals surface area contributed by atoms with Crippen LogP contribution < -0.4 is 10.0 Å². The van der Waals surface area contributed by atoms with Crippen molar-refractivity contribution >= 4 is 32.5 Å². The van der Waals surface area contributed by atoms with Gasteiger partial charge in [0.1, 0.15) is 5.82 Å². The van der Waals surface area contributed by atoms with Crippen LogP contribution in [0.15, 0.2) is 83.8 Å². The number of nitrogens with zero attached hydrogens (tertiary/aromatic N) is 1. The molecule has 6 nitrogen and oxygen atoms in total. The Kier molecular flexibility index (Phi) is 6.20. The number of amides is 1. The van der Waals surface area contributed by atoms with Crippen LogP contribution in [0.1, 0.15) is 31.1 Å². The summed E-state index contributed by atoms with van der Waals surface area (Å²) in [6.45, 7) is 5.24. The van der Waals surface area contributed by atoms with Gasteiger partial charge in [-0.05, 0) is 57.2 Å². The van der Waals surface area contributed by atoms with Gasteiger partial charge >= 0.3 is 0 Å². The van der Waals surface area contributed by atoms with E-state index in [-0.39, 0.29) is 4.90 Å². The third-order valence-electron chi connectivity index (χ3n) is 4.93. The fourth-order valence-electron chi connectivity index (χ4n) is 3.55. The Hall–Kier alpha value is -3.62. The first-order valence-electron chi connectivity index (χ1n) is 10.6. The van der Waals surface area contributed by atoms with Crippen molar-refractivity contribution in [2.24, 2.45) is 0 Å². The number of carbonyl (C=O) groups is 1. The van der Waals surface area contributed by atoms with Gasteiger partial charge in [-0.15, -0.1) is 0 Å². The number of nitrogens with one attached hydrogen (secondary N) is 2. The summed E-state index contributed by atoms with van der Waals surface area (Å²) in [5.41, 5.74) is 1.60. The van der Waals surface area contributed by atoms with E-state index in [2.05, 4.69) is 15.0 Å². The molecule has 1 amide bonds. The molecule has 34 heavy (non-hydrogen) atoms. The predicted molar refractivity (Wildman–Crippen MR) is 132 cm³/mol. The van der Waals surface area contributed by atoms with Crippen molar-refractivity contribution in [1.29, 1.82) is 0 Å². The number of halogens is 1. The van der Waals surface area contributed by atoms with E-state index in [0.29, 0.717) is 27.8 Å². The standard InChI is InChI=1S/C26H24FN3O3S/c1-26(2,3)30-34(32,33)20-11-7-10-19(15-20)28-25(31)22-16-23(17-8-5-4-6-9-17)29-24-14-18(27)12-13-21(22)24/h4-16,30H,1-3H3,(H,28,31). The van der Waals surface area contributed by atoms with Gasteiger partial charge in [0, 0.05) is 28.2 Å². The molecule has 0 radical (unpaired) electrons. The van der Waals surface area contributed by atoms with Gasteiger partial charge in [-0.3, -0.25) is 4.79 Å². The molecule has 4 rings (SSSR count). The van der Waals surface area contributed by atoms with Gasteiger partial charge in [0.25, 0.3) is 5.91 Å². The highest BCUT2D eigenvalue weighted by molar-refractivity contribution is 7.89. The maximum absolute atomic E-state index is 13.9. The molecule has 0 saturated carbocycles. The van der Waals surface area contributed by atoms with Crippen molar-refractivity contribution in [3.8, 4) is 11.3 Å². The SMILES string of the molecule is CC(C)(C)NS(=O)(=O)c1cccc(NC(=O)c2cc(-c3ccccc3)nc3cc(F)ccc23)c1. The van der Waals surface area contributed by atoms with Gasteiger partial charge in [-0.1, -0.05) is 36.4 Å². The van der Waals surface area contributed by atoms with Crippen molar-refractivity contribution in [1.82, 2.24) is 9.71 Å². The van der Waals surface area contributed by atoms with Crippen LogP contribution >= 0.6 is 0 Å². The van der Waals surface area contributed by atoms with Crippen LogP contribution in [-0.2, 0) is 10.0 Å². The number of benzene rings is 3. The Morgan fingerprint density at radius 2 is 1.65 bits per heavy atom. The summed E-state index contributed by atoms with van der Waals surface area (Å²) in [6.07, 6.45) is 0. The van der Waals surface area contributed by atoms with Crippen molar-refractivity contribution in [3.63, 3.8) is 0 Å². The molecule has 0 fully saturated rings. The quantitative estimate of drug-likeness (QED) is 0.405. The van der Waals surface area contributed by atoms with Crippen LogP contribution in [0.25, 0.3) is 22.2 Å². The van der Waals surface area contributed by atoms with Crippen LogP contribution in [0.4, 0.5) is 10.1 Å². The zero-order valence-electron chi connectivity index (χ0n) is 19.0. The van der Waals surface area contributed by atoms with E-state index in [0.717, 1.165) is 5.56 Å². The Bertz CT molecular complexity index is 1480. The average molecular weight is 478 g/mol. The summed E-state index contributed by atoms with van der Waals surface area (Å²) in [7, 11) is -3.78. The first kappa shape index (κ1) is 23.5. The van der Waals surface area contributed by atoms with Gasteiger partial charge in [-0.2, -0.15) is 0 Å². The first-order valence-corrected chi connectivity index (χ1v) is 12.1. The summed E-state index contributed by atoms with van der Waals surface area (Å²) in [6, 6.07) is 21.0. The number of hydrogen-bond donors (Lipinski definition) is 2. The largest absolute Gasteiger partial charge is 0.322 e. The average Bonchev–Trinajstić information content (AvgIpc) is 2.77. The molecule has 1 heterocycles. The highest BCUT2D eigenvalue weighted by Crippen LogP contribution is 2.27. The maximum atomic E-state index is 13.9. The smallest absolute Gasteiger partial charge is 0.256 e. The fraction of sp³-hybridized carbons (Fsp3) is 0.154. The molecule has 0 aliphatic heterocycles. The molecule has 0 bridgehead atoms. The maximum Gasteiger partial charge on any atom is 0.256 e. The highest BCUT2D eigenvalue weighted by atomic mass is 32.2. The van der Waals surface area contributed by atoms with Crippen LogP contribution in [0.2, 0.25) is 0 Å². The minimum Gasteiger partial charge on any atom is -0.322 e. The van der Waals surface area contributed by atoms with Crippen LogP contribution in [0.3, 0.4) is 0 Å². The molecular weight excluding hydrogens is 453 g/mol. The number of anilines is 1. The second kappa shape index (κ2) is 8.96. The lowest BCUT2D eigenvalue weighted by Crippen LogP contribution is -2.40. The lowest BCUT2D eigenvalue weighted by molar-refractivity contribution is 0.102. The third kappa shape index (κ3) is 5.30. The number of fused-ring (bicyclic) bond motifs is 1. The molecule has 0 aliphatic carbocycles. The van der Waals surface area contributed by atoms with E-state index in [1.165, 1.54) is 30.3 Å². The second-order valence-electron chi connectivity index (χ2n) is 8.92. The van der Waals surface area contributed by atoms with Crippen LogP contribution in [0.5, 0.6) is 0 Å². The van der Waals surface area contributed by atoms with Crippen LogP contribution in [0, 0.1) is 5.82 Å². The molecule has 3 aromatic carbocycles. The molecule has 0 atom stereocenters. The monoisotopic (exact) mass is 477 g/mol. The Labute approximate surface area is 197 Å². The van der Waals surface area contributed by atoms with Gasteiger partial charge in [0.15, 0.2) is 0 Å². The van der Waals surface area contributed by atoms with E-state index < -0.39 is 27.3 Å². The van der Waals surface area contributed by atoms with E-state index in [9.17, 15) is 17.6 Å². The number of sulfonamides is 1. The van der Waals surface area contributed by atoms with E-state index >= 15 is 0 Å². The molecule has 0 spiro atoms. The summed E-state index contributed by atoms with van der Waals surface area (Å²) >= 11 is 0. The van der Waals surface area contributed by atoms with E-state index in [1.807, 2.05) is 30.3 Å². The zero-order valence-corrected chi connectivity index (χ0v) is 19.8. The molecule has 0 unspecified atom stereocenters. The molecule has 0 aliphatic rings. The molecule has 0 saturated heterocycles. The van der Waals surface area contributed by atoms with E-state index in [1.54, 1.807) is 39.0 Å². The summed E-state index contributed by atoms with van der Waals surface area (Å²) < 4.78 is 41.9. The zero-order chi connectivity index (χ0) is 24.5. The molecule has 2 N–H and O–H groups in total. The lowest BCUT2D eigenvalue weighted by Gasteiger charge is -2.20. The highest BCUT2D eigenvalue weighted by Gasteiger charge is 2.22. The summed E-state index contributed by atoms with van der Waals surface area (Å²) in [5, 5.41) is 3.25. The van der Waals surface area contributed by atoms with Crippen molar-refractivity contribution < 1.29 is 17.6 Å². The number of hydrogen-bond acceptors (Lipinski definition) is 4.